The van der Waals surface area contributed by atoms with Crippen molar-refractivity contribution in [3.8, 4) is 0 Å². The molecule has 0 radical (unpaired) electrons. The van der Waals surface area contributed by atoms with E-state index in [1.165, 1.54) is 11.8 Å². The molecule has 1 saturated heterocycles. The zero-order chi connectivity index (χ0) is 12.4. The fraction of sp³-hybridized carbons (Fsp3) is 0.167. The Morgan fingerprint density at radius 2 is 2.24 bits per heavy atom. The molecule has 0 bridgehead atoms. The summed E-state index contributed by atoms with van der Waals surface area (Å²) in [6.45, 7) is 3.73. The van der Waals surface area contributed by atoms with E-state index in [9.17, 15) is 4.79 Å². The van der Waals surface area contributed by atoms with Crippen LogP contribution in [0.15, 0.2) is 34.2 Å². The lowest BCUT2D eigenvalue weighted by Crippen LogP contribution is -2.19. The molecule has 1 heterocycles. The predicted molar refractivity (Wildman–Crippen MR) is 72.8 cm³/mol. The lowest BCUT2D eigenvalue weighted by Gasteiger charge is -2.02. The molecule has 0 unspecified atom stereocenters. The molecule has 1 aromatic rings. The van der Waals surface area contributed by atoms with Gasteiger partial charge in [-0.2, -0.15) is 0 Å². The highest BCUT2D eigenvalue weighted by molar-refractivity contribution is 8.18. The number of allylic oxidation sites excluding steroid dienone is 1. The number of hydrogen-bond donors (Lipinski definition) is 1. The monoisotopic (exact) mass is 266 g/mol. The van der Waals surface area contributed by atoms with Crippen LogP contribution in [-0.4, -0.2) is 11.1 Å². The summed E-state index contributed by atoms with van der Waals surface area (Å²) >= 11 is 7.34. The van der Waals surface area contributed by atoms with Crippen molar-refractivity contribution in [2.24, 2.45) is 4.99 Å². The van der Waals surface area contributed by atoms with Crippen LogP contribution in [0, 0.1) is 6.92 Å². The largest absolute Gasteiger partial charge is 0.300 e. The van der Waals surface area contributed by atoms with Crippen LogP contribution < -0.4 is 5.32 Å². The van der Waals surface area contributed by atoms with Crippen molar-refractivity contribution in [3.05, 3.63) is 39.8 Å². The summed E-state index contributed by atoms with van der Waals surface area (Å²) in [5.41, 5.74) is 1.68. The van der Waals surface area contributed by atoms with Crippen molar-refractivity contribution in [2.75, 3.05) is 0 Å². The Morgan fingerprint density at radius 1 is 1.47 bits per heavy atom. The Hall–Kier alpha value is -1.26. The predicted octanol–water partition coefficient (Wildman–Crippen LogP) is 3.40. The molecular weight excluding hydrogens is 256 g/mol. The molecule has 1 aliphatic rings. The smallest absolute Gasteiger partial charge is 0.263 e. The highest BCUT2D eigenvalue weighted by Crippen LogP contribution is 2.29. The molecule has 1 aromatic carbocycles. The van der Waals surface area contributed by atoms with Gasteiger partial charge in [-0.3, -0.25) is 4.79 Å². The maximum Gasteiger partial charge on any atom is 0.263 e. The third kappa shape index (κ3) is 2.53. The Morgan fingerprint density at radius 3 is 2.88 bits per heavy atom. The van der Waals surface area contributed by atoms with Crippen LogP contribution in [0.4, 0.5) is 5.69 Å². The zero-order valence-electron chi connectivity index (χ0n) is 9.45. The number of nitrogens with one attached hydrogen (secondary N) is 1. The van der Waals surface area contributed by atoms with E-state index >= 15 is 0 Å². The van der Waals surface area contributed by atoms with Gasteiger partial charge in [0.05, 0.1) is 10.6 Å². The number of carbonyl (C=O) groups excluding carboxylic acids is 1. The highest BCUT2D eigenvalue weighted by atomic mass is 35.5. The first-order valence-corrected chi connectivity index (χ1v) is 6.30. The number of carbonyl (C=O) groups is 1. The van der Waals surface area contributed by atoms with Crippen LogP contribution in [0.25, 0.3) is 0 Å². The van der Waals surface area contributed by atoms with Gasteiger partial charge in [0.1, 0.15) is 0 Å². The van der Waals surface area contributed by atoms with Gasteiger partial charge in [0.2, 0.25) is 0 Å². The summed E-state index contributed by atoms with van der Waals surface area (Å²) in [6, 6.07) is 5.53. The molecule has 1 amide bonds. The second-order valence-electron chi connectivity index (χ2n) is 3.51. The van der Waals surface area contributed by atoms with E-state index < -0.39 is 0 Å². The number of nitrogens with zero attached hydrogens (tertiary/aromatic N) is 1. The fourth-order valence-corrected chi connectivity index (χ4v) is 2.33. The minimum Gasteiger partial charge on any atom is -0.300 e. The van der Waals surface area contributed by atoms with Crippen molar-refractivity contribution in [1.82, 2.24) is 5.32 Å². The fourth-order valence-electron chi connectivity index (χ4n) is 1.40. The minimum atomic E-state index is -0.101. The van der Waals surface area contributed by atoms with Gasteiger partial charge < -0.3 is 5.32 Å². The maximum atomic E-state index is 11.5. The van der Waals surface area contributed by atoms with E-state index in [0.717, 1.165) is 11.3 Å². The van der Waals surface area contributed by atoms with Crippen molar-refractivity contribution in [3.63, 3.8) is 0 Å². The minimum absolute atomic E-state index is 0.101. The summed E-state index contributed by atoms with van der Waals surface area (Å²) in [5, 5.41) is 3.98. The number of amides is 1. The second-order valence-corrected chi connectivity index (χ2v) is 4.95. The Bertz CT molecular complexity index is 537. The summed E-state index contributed by atoms with van der Waals surface area (Å²) in [7, 11) is 0. The quantitative estimate of drug-likeness (QED) is 0.792. The lowest BCUT2D eigenvalue weighted by atomic mass is 10.2. The van der Waals surface area contributed by atoms with Crippen LogP contribution in [0.1, 0.15) is 12.5 Å². The number of hydrogen-bond acceptors (Lipinski definition) is 3. The van der Waals surface area contributed by atoms with Gasteiger partial charge in [-0.05, 0) is 43.3 Å². The number of rotatable bonds is 1. The number of benzene rings is 1. The van der Waals surface area contributed by atoms with E-state index in [0.29, 0.717) is 15.1 Å². The summed E-state index contributed by atoms with van der Waals surface area (Å²) in [4.78, 5) is 16.5. The lowest BCUT2D eigenvalue weighted by molar-refractivity contribution is -0.115. The average molecular weight is 267 g/mol. The molecule has 0 aromatic heterocycles. The molecule has 0 spiro atoms. The van der Waals surface area contributed by atoms with Crippen molar-refractivity contribution >= 4 is 40.1 Å². The van der Waals surface area contributed by atoms with E-state index in [2.05, 4.69) is 10.3 Å². The van der Waals surface area contributed by atoms with E-state index in [-0.39, 0.29) is 5.91 Å². The van der Waals surface area contributed by atoms with Crippen LogP contribution in [-0.2, 0) is 4.79 Å². The normalized spacial score (nSPS) is 20.1. The number of aliphatic imine (C=N–C) groups is 1. The summed E-state index contributed by atoms with van der Waals surface area (Å²) in [6.07, 6.45) is 1.77. The Kier molecular flexibility index (Phi) is 3.54. The molecule has 1 N–H and O–H groups in total. The molecule has 1 fully saturated rings. The van der Waals surface area contributed by atoms with Gasteiger partial charge in [-0.1, -0.05) is 23.7 Å². The third-order valence-corrected chi connectivity index (χ3v) is 3.81. The molecule has 0 saturated carbocycles. The first-order valence-electron chi connectivity index (χ1n) is 5.11. The van der Waals surface area contributed by atoms with Crippen molar-refractivity contribution < 1.29 is 4.79 Å². The van der Waals surface area contributed by atoms with Crippen LogP contribution in [0.5, 0.6) is 0 Å². The van der Waals surface area contributed by atoms with Gasteiger partial charge in [0.25, 0.3) is 5.91 Å². The van der Waals surface area contributed by atoms with Crippen LogP contribution in [0.3, 0.4) is 0 Å². The first kappa shape index (κ1) is 12.2. The molecule has 3 nitrogen and oxygen atoms in total. The third-order valence-electron chi connectivity index (χ3n) is 2.37. The van der Waals surface area contributed by atoms with Gasteiger partial charge in [0, 0.05) is 5.02 Å². The summed E-state index contributed by atoms with van der Waals surface area (Å²) in [5.74, 6) is -0.101. The standard InChI is InChI=1S/C12H11ClN2OS/c1-3-10-11(16)15-12(17-10)14-9-6-4-5-8(13)7(9)2/h3-6H,1-2H3,(H,14,15,16). The molecule has 2 rings (SSSR count). The molecule has 5 heteroatoms. The molecule has 88 valence electrons. The van der Waals surface area contributed by atoms with Crippen LogP contribution in [0.2, 0.25) is 5.02 Å². The van der Waals surface area contributed by atoms with E-state index in [1.54, 1.807) is 6.08 Å². The van der Waals surface area contributed by atoms with Crippen molar-refractivity contribution in [2.45, 2.75) is 13.8 Å². The highest BCUT2D eigenvalue weighted by Gasteiger charge is 2.22. The van der Waals surface area contributed by atoms with Gasteiger partial charge in [-0.15, -0.1) is 0 Å². The van der Waals surface area contributed by atoms with Gasteiger partial charge in [0.15, 0.2) is 5.17 Å². The number of thioether (sulfide) groups is 1. The number of amidine groups is 1. The molecule has 1 aliphatic heterocycles. The average Bonchev–Trinajstić information content (AvgIpc) is 2.65. The zero-order valence-corrected chi connectivity index (χ0v) is 11.0. The Labute approximate surface area is 109 Å². The van der Waals surface area contributed by atoms with Gasteiger partial charge >= 0.3 is 0 Å². The summed E-state index contributed by atoms with van der Waals surface area (Å²) < 4.78 is 0. The van der Waals surface area contributed by atoms with Gasteiger partial charge in [-0.25, -0.2) is 4.99 Å². The van der Waals surface area contributed by atoms with Crippen molar-refractivity contribution in [1.29, 1.82) is 0 Å². The first-order chi connectivity index (χ1) is 8.11. The molecular formula is C12H11ClN2OS. The SMILES string of the molecule is CC=C1SC(=Nc2cccc(Cl)c2C)NC1=O. The maximum absolute atomic E-state index is 11.5. The topological polar surface area (TPSA) is 41.5 Å². The Balaban J connectivity index is 2.33. The second kappa shape index (κ2) is 4.94. The van der Waals surface area contributed by atoms with Crippen LogP contribution >= 0.6 is 23.4 Å². The molecule has 17 heavy (non-hydrogen) atoms. The van der Waals surface area contributed by atoms with E-state index in [4.69, 9.17) is 11.6 Å². The molecule has 0 aliphatic carbocycles. The number of halogens is 1. The van der Waals surface area contributed by atoms with E-state index in [1.807, 2.05) is 32.0 Å². The molecule has 0 atom stereocenters.